The Hall–Kier alpha value is -1.86. The highest BCUT2D eigenvalue weighted by Crippen LogP contribution is 2.40. The first kappa shape index (κ1) is 14.7. The SMILES string of the molecule is COC(=O)c1ccoc1CSc1ncnc2sc3c(c12)CCC3. The van der Waals surface area contributed by atoms with Gasteiger partial charge in [-0.15, -0.1) is 11.3 Å². The first-order valence-corrected chi connectivity index (χ1v) is 9.11. The van der Waals surface area contributed by atoms with Gasteiger partial charge in [0.1, 0.15) is 27.5 Å². The number of aromatic nitrogens is 2. The largest absolute Gasteiger partial charge is 0.468 e. The number of aryl methyl sites for hydroxylation is 2. The van der Waals surface area contributed by atoms with Gasteiger partial charge in [0.25, 0.3) is 0 Å². The van der Waals surface area contributed by atoms with Crippen LogP contribution < -0.4 is 0 Å². The van der Waals surface area contributed by atoms with Gasteiger partial charge in [-0.3, -0.25) is 0 Å². The third kappa shape index (κ3) is 2.53. The molecule has 1 aliphatic carbocycles. The van der Waals surface area contributed by atoms with Crippen LogP contribution in [0.1, 0.15) is 33.0 Å². The van der Waals surface area contributed by atoms with Crippen LogP contribution >= 0.6 is 23.1 Å². The zero-order valence-electron chi connectivity index (χ0n) is 12.5. The molecule has 0 saturated carbocycles. The van der Waals surface area contributed by atoms with Crippen molar-refractivity contribution >= 4 is 39.3 Å². The van der Waals surface area contributed by atoms with Crippen molar-refractivity contribution in [3.63, 3.8) is 0 Å². The summed E-state index contributed by atoms with van der Waals surface area (Å²) in [5.74, 6) is 0.771. The lowest BCUT2D eigenvalue weighted by atomic mass is 10.2. The number of methoxy groups -OCH3 is 1. The van der Waals surface area contributed by atoms with E-state index in [2.05, 4.69) is 9.97 Å². The Morgan fingerprint density at radius 1 is 1.43 bits per heavy atom. The van der Waals surface area contributed by atoms with Gasteiger partial charge in [0.2, 0.25) is 0 Å². The van der Waals surface area contributed by atoms with Gasteiger partial charge in [-0.2, -0.15) is 0 Å². The normalized spacial score (nSPS) is 13.4. The Morgan fingerprint density at radius 3 is 3.22 bits per heavy atom. The lowest BCUT2D eigenvalue weighted by Crippen LogP contribution is -2.02. The molecule has 4 rings (SSSR count). The zero-order valence-corrected chi connectivity index (χ0v) is 14.1. The van der Waals surface area contributed by atoms with Crippen molar-refractivity contribution < 1.29 is 13.9 Å². The number of thiophene rings is 1. The molecule has 0 fully saturated rings. The molecule has 5 nitrogen and oxygen atoms in total. The number of rotatable bonds is 4. The summed E-state index contributed by atoms with van der Waals surface area (Å²) >= 11 is 3.35. The highest BCUT2D eigenvalue weighted by Gasteiger charge is 2.22. The second kappa shape index (κ2) is 5.98. The van der Waals surface area contributed by atoms with Crippen LogP contribution in [-0.2, 0) is 23.3 Å². The zero-order chi connectivity index (χ0) is 15.8. The molecule has 118 valence electrons. The highest BCUT2D eigenvalue weighted by atomic mass is 32.2. The van der Waals surface area contributed by atoms with Crippen LogP contribution in [0.25, 0.3) is 10.2 Å². The Morgan fingerprint density at radius 2 is 2.35 bits per heavy atom. The Labute approximate surface area is 141 Å². The quantitative estimate of drug-likeness (QED) is 0.406. The number of esters is 1. The van der Waals surface area contributed by atoms with Crippen LogP contribution in [0.2, 0.25) is 0 Å². The van der Waals surface area contributed by atoms with Crippen LogP contribution in [-0.4, -0.2) is 23.0 Å². The number of carbonyl (C=O) groups is 1. The molecule has 0 saturated heterocycles. The maximum Gasteiger partial charge on any atom is 0.341 e. The lowest BCUT2D eigenvalue weighted by Gasteiger charge is -2.04. The summed E-state index contributed by atoms with van der Waals surface area (Å²) in [6.07, 6.45) is 6.58. The fraction of sp³-hybridized carbons (Fsp3) is 0.312. The van der Waals surface area contributed by atoms with E-state index in [0.717, 1.165) is 22.7 Å². The number of nitrogens with zero attached hydrogens (tertiary/aromatic N) is 2. The standard InChI is InChI=1S/C16H14N2O3S2/c1-20-16(19)9-5-6-21-11(9)7-22-14-13-10-3-2-4-12(10)23-15(13)18-8-17-14/h5-6,8H,2-4,7H2,1H3. The van der Waals surface area contributed by atoms with Gasteiger partial charge in [0.05, 0.1) is 19.1 Å². The molecule has 0 unspecified atom stereocenters. The molecule has 3 heterocycles. The van der Waals surface area contributed by atoms with Crippen molar-refractivity contribution in [3.8, 4) is 0 Å². The van der Waals surface area contributed by atoms with Crippen LogP contribution in [0.5, 0.6) is 0 Å². The average molecular weight is 346 g/mol. The fourth-order valence-corrected chi connectivity index (χ4v) is 5.16. The Balaban J connectivity index is 1.64. The second-order valence-corrected chi connectivity index (χ2v) is 7.30. The number of carbonyl (C=O) groups excluding carboxylic acids is 1. The third-order valence-corrected chi connectivity index (χ3v) is 6.15. The molecule has 0 atom stereocenters. The minimum absolute atomic E-state index is 0.376. The Kier molecular flexibility index (Phi) is 3.82. The van der Waals surface area contributed by atoms with Crippen LogP contribution in [0, 0.1) is 0 Å². The summed E-state index contributed by atoms with van der Waals surface area (Å²) in [6.45, 7) is 0. The van der Waals surface area contributed by atoms with E-state index >= 15 is 0 Å². The first-order valence-electron chi connectivity index (χ1n) is 7.30. The fourth-order valence-electron chi connectivity index (χ4n) is 2.89. The van der Waals surface area contributed by atoms with E-state index in [1.165, 1.54) is 35.6 Å². The van der Waals surface area contributed by atoms with Crippen LogP contribution in [0.3, 0.4) is 0 Å². The van der Waals surface area contributed by atoms with Gasteiger partial charge in [0.15, 0.2) is 0 Å². The van der Waals surface area contributed by atoms with Crippen molar-refractivity contribution in [2.24, 2.45) is 0 Å². The molecule has 0 bridgehead atoms. The summed E-state index contributed by atoms with van der Waals surface area (Å²) < 4.78 is 10.2. The van der Waals surface area contributed by atoms with Gasteiger partial charge in [-0.05, 0) is 30.9 Å². The maximum absolute atomic E-state index is 11.7. The molecule has 0 aromatic carbocycles. The maximum atomic E-state index is 11.7. The number of hydrogen-bond acceptors (Lipinski definition) is 7. The minimum atomic E-state index is -0.376. The molecule has 3 aromatic heterocycles. The van der Waals surface area contributed by atoms with Crippen molar-refractivity contribution in [2.45, 2.75) is 30.0 Å². The van der Waals surface area contributed by atoms with E-state index in [0.29, 0.717) is 17.1 Å². The van der Waals surface area contributed by atoms with E-state index in [4.69, 9.17) is 9.15 Å². The van der Waals surface area contributed by atoms with Crippen LogP contribution in [0.4, 0.5) is 0 Å². The first-order chi connectivity index (χ1) is 11.3. The molecule has 0 amide bonds. The van der Waals surface area contributed by atoms with Gasteiger partial charge in [0, 0.05) is 10.3 Å². The van der Waals surface area contributed by atoms with Crippen molar-refractivity contribution in [1.29, 1.82) is 0 Å². The summed E-state index contributed by atoms with van der Waals surface area (Å²) in [7, 11) is 1.37. The molecule has 0 radical (unpaired) electrons. The third-order valence-electron chi connectivity index (χ3n) is 3.96. The second-order valence-electron chi connectivity index (χ2n) is 5.25. The highest BCUT2D eigenvalue weighted by molar-refractivity contribution is 7.98. The lowest BCUT2D eigenvalue weighted by molar-refractivity contribution is 0.0598. The average Bonchev–Trinajstić information content (AvgIpc) is 3.26. The van der Waals surface area contributed by atoms with E-state index in [1.807, 2.05) is 0 Å². The van der Waals surface area contributed by atoms with Gasteiger partial charge in [-0.25, -0.2) is 14.8 Å². The smallest absolute Gasteiger partial charge is 0.341 e. The van der Waals surface area contributed by atoms with E-state index in [9.17, 15) is 4.79 Å². The number of fused-ring (bicyclic) bond motifs is 3. The molecule has 0 aliphatic heterocycles. The number of thioether (sulfide) groups is 1. The van der Waals surface area contributed by atoms with Crippen molar-refractivity contribution in [3.05, 3.63) is 40.4 Å². The molecule has 3 aromatic rings. The van der Waals surface area contributed by atoms with E-state index < -0.39 is 0 Å². The van der Waals surface area contributed by atoms with Gasteiger partial charge < -0.3 is 9.15 Å². The van der Waals surface area contributed by atoms with Gasteiger partial charge >= 0.3 is 5.97 Å². The number of furan rings is 1. The summed E-state index contributed by atoms with van der Waals surface area (Å²) in [4.78, 5) is 23.1. The molecule has 23 heavy (non-hydrogen) atoms. The van der Waals surface area contributed by atoms with Crippen molar-refractivity contribution in [1.82, 2.24) is 9.97 Å². The molecule has 0 N–H and O–H groups in total. The predicted octanol–water partition coefficient (Wildman–Crippen LogP) is 3.85. The monoisotopic (exact) mass is 346 g/mol. The molecule has 7 heteroatoms. The number of ether oxygens (including phenoxy) is 1. The molecule has 1 aliphatic rings. The molecule has 0 spiro atoms. The summed E-state index contributed by atoms with van der Waals surface area (Å²) in [6, 6.07) is 1.64. The summed E-state index contributed by atoms with van der Waals surface area (Å²) in [5.41, 5.74) is 1.88. The minimum Gasteiger partial charge on any atom is -0.468 e. The number of hydrogen-bond donors (Lipinski definition) is 0. The topological polar surface area (TPSA) is 65.2 Å². The Bertz CT molecular complexity index is 885. The van der Waals surface area contributed by atoms with E-state index in [-0.39, 0.29) is 5.97 Å². The molecular formula is C16H14N2O3S2. The van der Waals surface area contributed by atoms with E-state index in [1.54, 1.807) is 35.5 Å². The van der Waals surface area contributed by atoms with Crippen molar-refractivity contribution in [2.75, 3.05) is 7.11 Å². The van der Waals surface area contributed by atoms with Gasteiger partial charge in [-0.1, -0.05) is 11.8 Å². The molecular weight excluding hydrogens is 332 g/mol. The van der Waals surface area contributed by atoms with Crippen LogP contribution in [0.15, 0.2) is 28.1 Å². The predicted molar refractivity (Wildman–Crippen MR) is 89.0 cm³/mol. The summed E-state index contributed by atoms with van der Waals surface area (Å²) in [5, 5.41) is 2.14.